The summed E-state index contributed by atoms with van der Waals surface area (Å²) < 4.78 is 5.18. The normalized spacial score (nSPS) is 16.5. The van der Waals surface area contributed by atoms with E-state index in [1.165, 1.54) is 0 Å². The quantitative estimate of drug-likeness (QED) is 0.828. The fourth-order valence-electron chi connectivity index (χ4n) is 2.35. The number of hydrogen-bond donors (Lipinski definition) is 0. The van der Waals surface area contributed by atoms with E-state index in [1.54, 1.807) is 40.9 Å². The van der Waals surface area contributed by atoms with Crippen LogP contribution in [0.1, 0.15) is 27.4 Å². The zero-order chi connectivity index (χ0) is 15.7. The van der Waals surface area contributed by atoms with Crippen LogP contribution >= 0.6 is 23.4 Å². The molecule has 1 amide bonds. The van der Waals surface area contributed by atoms with Crippen molar-refractivity contribution < 1.29 is 9.32 Å². The molecular formula is C16H15ClN2O2S. The molecule has 114 valence electrons. The third-order valence-electron chi connectivity index (χ3n) is 3.50. The van der Waals surface area contributed by atoms with Gasteiger partial charge in [0, 0.05) is 28.4 Å². The predicted molar refractivity (Wildman–Crippen MR) is 88.9 cm³/mol. The molecule has 6 heteroatoms. The maximum absolute atomic E-state index is 12.7. The van der Waals surface area contributed by atoms with Gasteiger partial charge in [-0.05, 0) is 38.1 Å². The zero-order valence-electron chi connectivity index (χ0n) is 12.3. The van der Waals surface area contributed by atoms with Crippen LogP contribution in [0.5, 0.6) is 0 Å². The molecule has 2 heterocycles. The number of thioether (sulfide) groups is 1. The summed E-state index contributed by atoms with van der Waals surface area (Å²) in [5.74, 6) is 1.60. The van der Waals surface area contributed by atoms with Gasteiger partial charge in [-0.3, -0.25) is 4.79 Å². The summed E-state index contributed by atoms with van der Waals surface area (Å²) in [5, 5.41) is 5.43. The second-order valence-electron chi connectivity index (χ2n) is 5.04. The number of aromatic nitrogens is 1. The van der Waals surface area contributed by atoms with Gasteiger partial charge in [0.15, 0.2) is 0 Å². The lowest BCUT2D eigenvalue weighted by Gasteiger charge is -2.17. The van der Waals surface area contributed by atoms with Crippen LogP contribution in [0.3, 0.4) is 0 Å². The van der Waals surface area contributed by atoms with E-state index in [9.17, 15) is 4.79 Å². The van der Waals surface area contributed by atoms with E-state index in [4.69, 9.17) is 16.1 Å². The third kappa shape index (κ3) is 2.91. The minimum atomic E-state index is -0.0366. The zero-order valence-corrected chi connectivity index (χ0v) is 13.9. The Morgan fingerprint density at radius 1 is 1.45 bits per heavy atom. The lowest BCUT2D eigenvalue weighted by molar-refractivity contribution is 0.0831. The number of carbonyl (C=O) groups is 1. The molecule has 0 unspecified atom stereocenters. The minimum Gasteiger partial charge on any atom is -0.361 e. The highest BCUT2D eigenvalue weighted by atomic mass is 35.5. The molecule has 0 spiro atoms. The molecule has 0 radical (unpaired) electrons. The minimum absolute atomic E-state index is 0.0366. The third-order valence-corrected chi connectivity index (χ3v) is 4.76. The Labute approximate surface area is 138 Å². The van der Waals surface area contributed by atoms with E-state index >= 15 is 0 Å². The first-order valence-electron chi connectivity index (χ1n) is 6.91. The number of hydrogen-bond acceptors (Lipinski definition) is 4. The predicted octanol–water partition coefficient (Wildman–Crippen LogP) is 4.13. The molecule has 1 saturated heterocycles. The average molecular weight is 335 g/mol. The Morgan fingerprint density at radius 3 is 2.95 bits per heavy atom. The number of carbonyl (C=O) groups excluding carboxylic acids is 1. The van der Waals surface area contributed by atoms with Crippen LogP contribution in [0.25, 0.3) is 6.08 Å². The number of aryl methyl sites for hydroxylation is 2. The summed E-state index contributed by atoms with van der Waals surface area (Å²) in [6.45, 7) is 4.45. The van der Waals surface area contributed by atoms with Crippen molar-refractivity contribution in [1.29, 1.82) is 0 Å². The van der Waals surface area contributed by atoms with Crippen molar-refractivity contribution in [3.63, 3.8) is 0 Å². The van der Waals surface area contributed by atoms with E-state index in [1.807, 2.05) is 19.9 Å². The molecule has 1 fully saturated rings. The van der Waals surface area contributed by atoms with E-state index in [2.05, 4.69) is 5.16 Å². The first-order chi connectivity index (χ1) is 10.6. The lowest BCUT2D eigenvalue weighted by Crippen LogP contribution is -2.26. The molecule has 1 aliphatic rings. The first-order valence-corrected chi connectivity index (χ1v) is 8.27. The molecule has 1 aromatic heterocycles. The molecule has 4 nitrogen and oxygen atoms in total. The van der Waals surface area contributed by atoms with Gasteiger partial charge < -0.3 is 9.42 Å². The highest BCUT2D eigenvalue weighted by Gasteiger charge is 2.26. The number of rotatable bonds is 2. The van der Waals surface area contributed by atoms with Gasteiger partial charge in [0.2, 0.25) is 0 Å². The van der Waals surface area contributed by atoms with Gasteiger partial charge in [-0.1, -0.05) is 22.8 Å². The number of nitrogens with zero attached hydrogens (tertiary/aromatic N) is 2. The van der Waals surface area contributed by atoms with Crippen molar-refractivity contribution in [1.82, 2.24) is 10.1 Å². The van der Waals surface area contributed by atoms with Crippen LogP contribution < -0.4 is 0 Å². The Kier molecular flexibility index (Phi) is 4.27. The van der Waals surface area contributed by atoms with Crippen molar-refractivity contribution in [3.8, 4) is 0 Å². The van der Waals surface area contributed by atoms with E-state index in [0.29, 0.717) is 17.1 Å². The molecule has 0 aliphatic carbocycles. The summed E-state index contributed by atoms with van der Waals surface area (Å²) in [6, 6.07) is 7.03. The maximum Gasteiger partial charge on any atom is 0.258 e. The highest BCUT2D eigenvalue weighted by Crippen LogP contribution is 2.32. The van der Waals surface area contributed by atoms with Crippen LogP contribution in [0.4, 0.5) is 0 Å². The molecule has 0 atom stereocenters. The van der Waals surface area contributed by atoms with Gasteiger partial charge in [0.25, 0.3) is 5.91 Å². The van der Waals surface area contributed by atoms with Crippen LogP contribution in [-0.4, -0.2) is 28.3 Å². The van der Waals surface area contributed by atoms with Gasteiger partial charge in [0.1, 0.15) is 5.76 Å². The van der Waals surface area contributed by atoms with Gasteiger partial charge >= 0.3 is 0 Å². The van der Waals surface area contributed by atoms with Crippen LogP contribution in [-0.2, 0) is 0 Å². The molecular weight excluding hydrogens is 320 g/mol. The molecule has 0 bridgehead atoms. The van der Waals surface area contributed by atoms with E-state index in [-0.39, 0.29) is 5.91 Å². The summed E-state index contributed by atoms with van der Waals surface area (Å²) in [5.41, 5.74) is 2.36. The van der Waals surface area contributed by atoms with E-state index in [0.717, 1.165) is 27.8 Å². The molecule has 0 N–H and O–H groups in total. The molecule has 22 heavy (non-hydrogen) atoms. The van der Waals surface area contributed by atoms with Crippen LogP contribution in [0, 0.1) is 13.8 Å². The Bertz CT molecular complexity index is 735. The SMILES string of the molecule is Cc1noc(C)c1/C=C1/SCCN1C(=O)c1cccc(Cl)c1. The first kappa shape index (κ1) is 15.2. The largest absolute Gasteiger partial charge is 0.361 e. The summed E-state index contributed by atoms with van der Waals surface area (Å²) in [7, 11) is 0. The van der Waals surface area contributed by atoms with Gasteiger partial charge in [-0.25, -0.2) is 0 Å². The number of halogens is 1. The maximum atomic E-state index is 12.7. The molecule has 1 aromatic carbocycles. The topological polar surface area (TPSA) is 46.3 Å². The average Bonchev–Trinajstić information content (AvgIpc) is 3.08. The molecule has 1 aliphatic heterocycles. The Hall–Kier alpha value is -1.72. The van der Waals surface area contributed by atoms with Crippen molar-refractivity contribution >= 4 is 35.3 Å². The second kappa shape index (κ2) is 6.18. The monoisotopic (exact) mass is 334 g/mol. The van der Waals surface area contributed by atoms with Crippen LogP contribution in [0.15, 0.2) is 33.8 Å². The summed E-state index contributed by atoms with van der Waals surface area (Å²) in [6.07, 6.45) is 1.97. The van der Waals surface area contributed by atoms with Crippen molar-refractivity contribution in [2.45, 2.75) is 13.8 Å². The fourth-order valence-corrected chi connectivity index (χ4v) is 3.55. The molecule has 2 aromatic rings. The van der Waals surface area contributed by atoms with E-state index < -0.39 is 0 Å². The van der Waals surface area contributed by atoms with Crippen LogP contribution in [0.2, 0.25) is 5.02 Å². The van der Waals surface area contributed by atoms with Gasteiger partial charge in [-0.15, -0.1) is 11.8 Å². The molecule has 3 rings (SSSR count). The smallest absolute Gasteiger partial charge is 0.258 e. The number of benzene rings is 1. The van der Waals surface area contributed by atoms with Gasteiger partial charge in [0.05, 0.1) is 10.7 Å². The molecule has 0 saturated carbocycles. The fraction of sp³-hybridized carbons (Fsp3) is 0.250. The second-order valence-corrected chi connectivity index (χ2v) is 6.59. The van der Waals surface area contributed by atoms with Crippen molar-refractivity contribution in [3.05, 3.63) is 56.9 Å². The highest BCUT2D eigenvalue weighted by molar-refractivity contribution is 8.03. The van der Waals surface area contributed by atoms with Gasteiger partial charge in [-0.2, -0.15) is 0 Å². The Balaban J connectivity index is 1.92. The standard InChI is InChI=1S/C16H15ClN2O2S/c1-10-14(11(2)21-18-10)9-15-19(6-7-22-15)16(20)12-4-3-5-13(17)8-12/h3-5,8-9H,6-7H2,1-2H3/b15-9+. The van der Waals surface area contributed by atoms with Crippen molar-refractivity contribution in [2.24, 2.45) is 0 Å². The summed E-state index contributed by atoms with van der Waals surface area (Å²) in [4.78, 5) is 14.5. The summed E-state index contributed by atoms with van der Waals surface area (Å²) >= 11 is 7.63. The van der Waals surface area contributed by atoms with Crippen molar-refractivity contribution in [2.75, 3.05) is 12.3 Å². The number of amides is 1. The lowest BCUT2D eigenvalue weighted by atomic mass is 10.2. The Morgan fingerprint density at radius 2 is 2.27 bits per heavy atom.